The lowest BCUT2D eigenvalue weighted by molar-refractivity contribution is -0.150. The molecule has 4 N–H and O–H groups in total. The molecule has 0 aromatic carbocycles. The topological polar surface area (TPSA) is 92.4 Å². The van der Waals surface area contributed by atoms with E-state index in [-0.39, 0.29) is 12.5 Å². The summed E-state index contributed by atoms with van der Waals surface area (Å²) in [7, 11) is 0. The molecule has 1 rings (SSSR count). The summed E-state index contributed by atoms with van der Waals surface area (Å²) in [5.74, 6) is -0.533. The lowest BCUT2D eigenvalue weighted by Gasteiger charge is -2.40. The highest BCUT2D eigenvalue weighted by Crippen LogP contribution is 2.39. The fourth-order valence-electron chi connectivity index (χ4n) is 2.97. The molecule has 0 aliphatic heterocycles. The van der Waals surface area contributed by atoms with Crippen LogP contribution in [0.15, 0.2) is 0 Å². The van der Waals surface area contributed by atoms with E-state index in [1.165, 1.54) is 0 Å². The van der Waals surface area contributed by atoms with Gasteiger partial charge < -0.3 is 16.2 Å². The van der Waals surface area contributed by atoms with Crippen molar-refractivity contribution in [2.75, 3.05) is 6.54 Å². The van der Waals surface area contributed by atoms with Crippen molar-refractivity contribution in [1.82, 2.24) is 5.32 Å². The number of carbonyl (C=O) groups excluding carboxylic acids is 1. The first-order chi connectivity index (χ1) is 9.35. The van der Waals surface area contributed by atoms with Gasteiger partial charge in [0.1, 0.15) is 5.54 Å². The number of hydrogen-bond acceptors (Lipinski definition) is 3. The predicted octanol–water partition coefficient (Wildman–Crippen LogP) is 1.90. The van der Waals surface area contributed by atoms with Crippen LogP contribution in [0.2, 0.25) is 0 Å². The molecule has 20 heavy (non-hydrogen) atoms. The lowest BCUT2D eigenvalue weighted by Crippen LogP contribution is -2.59. The van der Waals surface area contributed by atoms with E-state index in [1.807, 2.05) is 0 Å². The van der Waals surface area contributed by atoms with Crippen molar-refractivity contribution in [3.05, 3.63) is 0 Å². The second kappa shape index (κ2) is 6.57. The van der Waals surface area contributed by atoms with E-state index in [1.54, 1.807) is 13.8 Å². The second-order valence-corrected chi connectivity index (χ2v) is 6.22. The SMILES string of the molecule is CCC(CC)(NC(=O)C1(CN)CCC(C)CC1)C(=O)O. The van der Waals surface area contributed by atoms with E-state index in [4.69, 9.17) is 5.73 Å². The van der Waals surface area contributed by atoms with Gasteiger partial charge in [0, 0.05) is 6.54 Å². The van der Waals surface area contributed by atoms with Crippen LogP contribution in [0.4, 0.5) is 0 Å². The third-order valence-electron chi connectivity index (χ3n) is 5.07. The molecule has 116 valence electrons. The zero-order valence-corrected chi connectivity index (χ0v) is 12.9. The van der Waals surface area contributed by atoms with Crippen LogP contribution in [-0.4, -0.2) is 29.1 Å². The van der Waals surface area contributed by atoms with Gasteiger partial charge in [0.2, 0.25) is 5.91 Å². The Balaban J connectivity index is 2.89. The number of nitrogens with two attached hydrogens (primary N) is 1. The van der Waals surface area contributed by atoms with E-state index in [2.05, 4.69) is 12.2 Å². The Hall–Kier alpha value is -1.10. The number of amides is 1. The van der Waals surface area contributed by atoms with Gasteiger partial charge in [-0.2, -0.15) is 0 Å². The Kier molecular flexibility index (Phi) is 5.57. The summed E-state index contributed by atoms with van der Waals surface area (Å²) in [6, 6.07) is 0. The molecule has 5 heteroatoms. The van der Waals surface area contributed by atoms with Gasteiger partial charge in [-0.25, -0.2) is 4.79 Å². The van der Waals surface area contributed by atoms with Gasteiger partial charge in [-0.15, -0.1) is 0 Å². The molecule has 0 heterocycles. The minimum absolute atomic E-state index is 0.182. The number of hydrogen-bond donors (Lipinski definition) is 3. The van der Waals surface area contributed by atoms with E-state index >= 15 is 0 Å². The third kappa shape index (κ3) is 3.14. The summed E-state index contributed by atoms with van der Waals surface area (Å²) in [5, 5.41) is 12.2. The molecule has 1 amide bonds. The normalized spacial score (nSPS) is 27.1. The molecule has 0 saturated heterocycles. The van der Waals surface area contributed by atoms with Crippen LogP contribution in [0.1, 0.15) is 59.3 Å². The zero-order chi connectivity index (χ0) is 15.4. The summed E-state index contributed by atoms with van der Waals surface area (Å²) in [6.45, 7) is 6.04. The van der Waals surface area contributed by atoms with E-state index in [0.29, 0.717) is 18.8 Å². The smallest absolute Gasteiger partial charge is 0.329 e. The summed E-state index contributed by atoms with van der Waals surface area (Å²) in [6.07, 6.45) is 4.20. The van der Waals surface area contributed by atoms with Gasteiger partial charge in [0.15, 0.2) is 0 Å². The van der Waals surface area contributed by atoms with Crippen molar-refractivity contribution in [2.24, 2.45) is 17.1 Å². The summed E-state index contributed by atoms with van der Waals surface area (Å²) < 4.78 is 0. The first kappa shape index (κ1) is 17.0. The molecule has 0 radical (unpaired) electrons. The number of carboxylic acids is 1. The van der Waals surface area contributed by atoms with Gasteiger partial charge in [-0.05, 0) is 44.4 Å². The Labute approximate surface area is 121 Å². The fraction of sp³-hybridized carbons (Fsp3) is 0.867. The lowest BCUT2D eigenvalue weighted by atomic mass is 9.69. The molecule has 1 fully saturated rings. The van der Waals surface area contributed by atoms with Crippen LogP contribution in [0.3, 0.4) is 0 Å². The third-order valence-corrected chi connectivity index (χ3v) is 5.07. The van der Waals surface area contributed by atoms with Gasteiger partial charge in [-0.1, -0.05) is 20.8 Å². The Morgan fingerprint density at radius 2 is 1.80 bits per heavy atom. The number of rotatable bonds is 6. The maximum atomic E-state index is 12.6. The molecule has 1 saturated carbocycles. The maximum absolute atomic E-state index is 12.6. The van der Waals surface area contributed by atoms with Crippen LogP contribution >= 0.6 is 0 Å². The minimum Gasteiger partial charge on any atom is -0.480 e. The molecule has 5 nitrogen and oxygen atoms in total. The van der Waals surface area contributed by atoms with Crippen LogP contribution in [0.5, 0.6) is 0 Å². The summed E-state index contributed by atoms with van der Waals surface area (Å²) in [5.41, 5.74) is 4.10. The minimum atomic E-state index is -1.16. The van der Waals surface area contributed by atoms with Crippen LogP contribution < -0.4 is 11.1 Å². The van der Waals surface area contributed by atoms with Crippen LogP contribution in [-0.2, 0) is 9.59 Å². The number of carboxylic acid groups (broad SMARTS) is 1. The standard InChI is InChI=1S/C15H28N2O3/c1-4-15(5-2,13(19)20)17-12(18)14(10-16)8-6-11(3)7-9-14/h11H,4-10,16H2,1-3H3,(H,17,18)(H,19,20). The monoisotopic (exact) mass is 284 g/mol. The average Bonchev–Trinajstić information content (AvgIpc) is 2.45. The highest BCUT2D eigenvalue weighted by Gasteiger charge is 2.45. The van der Waals surface area contributed by atoms with Gasteiger partial charge in [0.05, 0.1) is 5.41 Å². The first-order valence-corrected chi connectivity index (χ1v) is 7.62. The molecule has 0 atom stereocenters. The molecule has 0 aromatic heterocycles. The first-order valence-electron chi connectivity index (χ1n) is 7.62. The van der Waals surface area contributed by atoms with Crippen molar-refractivity contribution in [1.29, 1.82) is 0 Å². The van der Waals surface area contributed by atoms with Crippen molar-refractivity contribution in [2.45, 2.75) is 64.8 Å². The molecule has 1 aliphatic rings. The molecule has 0 aromatic rings. The number of nitrogens with one attached hydrogen (secondary N) is 1. The largest absolute Gasteiger partial charge is 0.480 e. The van der Waals surface area contributed by atoms with E-state index in [9.17, 15) is 14.7 Å². The molecule has 0 bridgehead atoms. The number of aliphatic carboxylic acids is 1. The van der Waals surface area contributed by atoms with Crippen molar-refractivity contribution in [3.63, 3.8) is 0 Å². The quantitative estimate of drug-likeness (QED) is 0.694. The Morgan fingerprint density at radius 1 is 1.30 bits per heavy atom. The highest BCUT2D eigenvalue weighted by atomic mass is 16.4. The van der Waals surface area contributed by atoms with E-state index < -0.39 is 16.9 Å². The van der Waals surface area contributed by atoms with E-state index in [0.717, 1.165) is 25.7 Å². The van der Waals surface area contributed by atoms with Gasteiger partial charge in [0.25, 0.3) is 0 Å². The molecule has 0 unspecified atom stereocenters. The summed E-state index contributed by atoms with van der Waals surface area (Å²) >= 11 is 0. The second-order valence-electron chi connectivity index (χ2n) is 6.22. The molecule has 0 spiro atoms. The zero-order valence-electron chi connectivity index (χ0n) is 12.9. The summed E-state index contributed by atoms with van der Waals surface area (Å²) in [4.78, 5) is 24.1. The van der Waals surface area contributed by atoms with Crippen LogP contribution in [0.25, 0.3) is 0 Å². The number of carbonyl (C=O) groups is 2. The highest BCUT2D eigenvalue weighted by molar-refractivity contribution is 5.90. The Bertz CT molecular complexity index is 356. The fourth-order valence-corrected chi connectivity index (χ4v) is 2.97. The Morgan fingerprint density at radius 3 is 2.15 bits per heavy atom. The van der Waals surface area contributed by atoms with Crippen LogP contribution in [0, 0.1) is 11.3 Å². The van der Waals surface area contributed by atoms with Crippen molar-refractivity contribution in [3.8, 4) is 0 Å². The predicted molar refractivity (Wildman–Crippen MR) is 78.2 cm³/mol. The molecule has 1 aliphatic carbocycles. The van der Waals surface area contributed by atoms with Crippen molar-refractivity contribution < 1.29 is 14.7 Å². The molecular weight excluding hydrogens is 256 g/mol. The van der Waals surface area contributed by atoms with Gasteiger partial charge >= 0.3 is 5.97 Å². The molecular formula is C15H28N2O3. The van der Waals surface area contributed by atoms with Crippen molar-refractivity contribution >= 4 is 11.9 Å². The van der Waals surface area contributed by atoms with Gasteiger partial charge in [-0.3, -0.25) is 4.79 Å². The maximum Gasteiger partial charge on any atom is 0.329 e. The average molecular weight is 284 g/mol.